The van der Waals surface area contributed by atoms with Crippen LogP contribution in [0.15, 0.2) is 30.3 Å². The van der Waals surface area contributed by atoms with E-state index in [1.54, 1.807) is 11.8 Å². The highest BCUT2D eigenvalue weighted by Crippen LogP contribution is 2.26. The zero-order chi connectivity index (χ0) is 14.4. The van der Waals surface area contributed by atoms with Crippen LogP contribution in [-0.4, -0.2) is 40.6 Å². The molecule has 1 aromatic rings. The van der Waals surface area contributed by atoms with Crippen LogP contribution in [0.5, 0.6) is 0 Å². The van der Waals surface area contributed by atoms with Crippen LogP contribution in [0.1, 0.15) is 18.4 Å². The Balaban J connectivity index is 1.83. The average molecular weight is 309 g/mol. The van der Waals surface area contributed by atoms with E-state index >= 15 is 0 Å². The lowest BCUT2D eigenvalue weighted by Crippen LogP contribution is -2.36. The molecule has 1 heterocycles. The lowest BCUT2D eigenvalue weighted by molar-refractivity contribution is -0.141. The van der Waals surface area contributed by atoms with Gasteiger partial charge in [-0.15, -0.1) is 0 Å². The number of nitrogens with zero attached hydrogens (tertiary/aromatic N) is 1. The van der Waals surface area contributed by atoms with Crippen molar-refractivity contribution in [1.82, 2.24) is 4.90 Å². The Morgan fingerprint density at radius 2 is 2.20 bits per heavy atom. The molecule has 5 heteroatoms. The summed E-state index contributed by atoms with van der Waals surface area (Å²) in [5.41, 5.74) is 1.34. The lowest BCUT2D eigenvalue weighted by Gasteiger charge is -2.24. The monoisotopic (exact) mass is 309 g/mol. The molecule has 1 aromatic carbocycles. The van der Waals surface area contributed by atoms with Gasteiger partial charge in [0.15, 0.2) is 0 Å². The van der Waals surface area contributed by atoms with Crippen molar-refractivity contribution in [3.05, 3.63) is 35.9 Å². The molecule has 1 aliphatic heterocycles. The third-order valence-corrected chi connectivity index (χ3v) is 5.03. The summed E-state index contributed by atoms with van der Waals surface area (Å²) in [6.07, 6.45) is 2.51. The maximum atomic E-state index is 11.4. The zero-order valence-electron chi connectivity index (χ0n) is 11.6. The smallest absolute Gasteiger partial charge is 0.307 e. The van der Waals surface area contributed by atoms with Gasteiger partial charge in [-0.05, 0) is 18.4 Å². The van der Waals surface area contributed by atoms with Crippen LogP contribution in [0.25, 0.3) is 0 Å². The standard InChI is InChI=1S/C15H19NO2S2/c1-18-14(17)10-13-11-20-15(19)16(13)9-5-8-12-6-3-2-4-7-12/h2-4,6-7,13H,5,8-11H2,1H3. The molecule has 0 amide bonds. The van der Waals surface area contributed by atoms with Gasteiger partial charge >= 0.3 is 5.97 Å². The first kappa shape index (κ1) is 15.3. The molecule has 2 rings (SSSR count). The second kappa shape index (κ2) is 7.64. The lowest BCUT2D eigenvalue weighted by atomic mass is 10.1. The SMILES string of the molecule is COC(=O)CC1CSC(=S)N1CCCc1ccccc1. The van der Waals surface area contributed by atoms with Gasteiger partial charge < -0.3 is 9.64 Å². The first-order valence-electron chi connectivity index (χ1n) is 6.75. The molecule has 0 aliphatic carbocycles. The Morgan fingerprint density at radius 3 is 2.90 bits per heavy atom. The fourth-order valence-corrected chi connectivity index (χ4v) is 3.79. The molecule has 20 heavy (non-hydrogen) atoms. The molecule has 1 unspecified atom stereocenters. The molecule has 0 N–H and O–H groups in total. The van der Waals surface area contributed by atoms with Crippen molar-refractivity contribution in [2.75, 3.05) is 19.4 Å². The van der Waals surface area contributed by atoms with Gasteiger partial charge in [-0.2, -0.15) is 0 Å². The van der Waals surface area contributed by atoms with E-state index in [4.69, 9.17) is 17.0 Å². The molecule has 0 saturated carbocycles. The molecule has 1 aliphatic rings. The Bertz CT molecular complexity index is 464. The normalized spacial score (nSPS) is 18.4. The largest absolute Gasteiger partial charge is 0.469 e. The van der Waals surface area contributed by atoms with Gasteiger partial charge in [-0.25, -0.2) is 0 Å². The molecule has 108 valence electrons. The number of rotatable bonds is 6. The summed E-state index contributed by atoms with van der Waals surface area (Å²) in [7, 11) is 1.43. The zero-order valence-corrected chi connectivity index (χ0v) is 13.2. The van der Waals surface area contributed by atoms with E-state index in [0.29, 0.717) is 6.42 Å². The number of aryl methyl sites for hydroxylation is 1. The number of hydrogen-bond donors (Lipinski definition) is 0. The van der Waals surface area contributed by atoms with Gasteiger partial charge in [-0.1, -0.05) is 54.3 Å². The summed E-state index contributed by atoms with van der Waals surface area (Å²) in [6.45, 7) is 0.905. The third-order valence-electron chi connectivity index (χ3n) is 3.41. The summed E-state index contributed by atoms with van der Waals surface area (Å²) < 4.78 is 5.66. The number of hydrogen-bond acceptors (Lipinski definition) is 4. The number of esters is 1. The van der Waals surface area contributed by atoms with Gasteiger partial charge in [0, 0.05) is 12.3 Å². The van der Waals surface area contributed by atoms with Crippen molar-refractivity contribution >= 4 is 34.3 Å². The number of methoxy groups -OCH3 is 1. The Morgan fingerprint density at radius 1 is 1.45 bits per heavy atom. The minimum Gasteiger partial charge on any atom is -0.469 e. The van der Waals surface area contributed by atoms with Gasteiger partial charge in [0.05, 0.1) is 19.6 Å². The van der Waals surface area contributed by atoms with Gasteiger partial charge in [0.1, 0.15) is 4.32 Å². The van der Waals surface area contributed by atoms with Gasteiger partial charge in [-0.3, -0.25) is 4.79 Å². The van der Waals surface area contributed by atoms with Crippen molar-refractivity contribution < 1.29 is 9.53 Å². The number of carbonyl (C=O) groups excluding carboxylic acids is 1. The molecular formula is C15H19NO2S2. The van der Waals surface area contributed by atoms with Crippen molar-refractivity contribution in [3.8, 4) is 0 Å². The Labute approximate surface area is 129 Å². The number of thioether (sulfide) groups is 1. The minimum atomic E-state index is -0.159. The highest BCUT2D eigenvalue weighted by Gasteiger charge is 2.30. The molecule has 0 bridgehead atoms. The highest BCUT2D eigenvalue weighted by atomic mass is 32.2. The van der Waals surface area contributed by atoms with Crippen molar-refractivity contribution in [3.63, 3.8) is 0 Å². The van der Waals surface area contributed by atoms with E-state index in [9.17, 15) is 4.79 Å². The molecule has 3 nitrogen and oxygen atoms in total. The summed E-state index contributed by atoms with van der Waals surface area (Å²) >= 11 is 7.04. The van der Waals surface area contributed by atoms with Crippen molar-refractivity contribution in [2.45, 2.75) is 25.3 Å². The highest BCUT2D eigenvalue weighted by molar-refractivity contribution is 8.23. The Kier molecular flexibility index (Phi) is 5.86. The van der Waals surface area contributed by atoms with E-state index in [1.807, 2.05) is 6.07 Å². The fraction of sp³-hybridized carbons (Fsp3) is 0.467. The van der Waals surface area contributed by atoms with Crippen LogP contribution < -0.4 is 0 Å². The predicted molar refractivity (Wildman–Crippen MR) is 86.9 cm³/mol. The van der Waals surface area contributed by atoms with Crippen LogP contribution in [0.2, 0.25) is 0 Å². The molecular weight excluding hydrogens is 290 g/mol. The topological polar surface area (TPSA) is 29.5 Å². The number of benzene rings is 1. The van der Waals surface area contributed by atoms with Crippen LogP contribution in [-0.2, 0) is 16.0 Å². The van der Waals surface area contributed by atoms with Crippen LogP contribution in [0.4, 0.5) is 0 Å². The van der Waals surface area contributed by atoms with E-state index in [0.717, 1.165) is 29.5 Å². The predicted octanol–water partition coefficient (Wildman–Crippen LogP) is 2.88. The van der Waals surface area contributed by atoms with Crippen molar-refractivity contribution in [1.29, 1.82) is 0 Å². The second-order valence-corrected chi connectivity index (χ2v) is 6.45. The minimum absolute atomic E-state index is 0.159. The van der Waals surface area contributed by atoms with E-state index < -0.39 is 0 Å². The van der Waals surface area contributed by atoms with Crippen LogP contribution in [0.3, 0.4) is 0 Å². The summed E-state index contributed by atoms with van der Waals surface area (Å²) in [5.74, 6) is 0.729. The number of thiocarbonyl (C=S) groups is 1. The van der Waals surface area contributed by atoms with Crippen molar-refractivity contribution in [2.24, 2.45) is 0 Å². The molecule has 1 atom stereocenters. The molecule has 0 spiro atoms. The van der Waals surface area contributed by atoms with E-state index in [2.05, 4.69) is 29.2 Å². The molecule has 1 saturated heterocycles. The summed E-state index contributed by atoms with van der Waals surface area (Å²) in [5, 5.41) is 0. The maximum absolute atomic E-state index is 11.4. The summed E-state index contributed by atoms with van der Waals surface area (Å²) in [4.78, 5) is 13.6. The number of carbonyl (C=O) groups is 1. The molecule has 1 fully saturated rings. The summed E-state index contributed by atoms with van der Waals surface area (Å²) in [6, 6.07) is 10.6. The van der Waals surface area contributed by atoms with Crippen LogP contribution >= 0.6 is 24.0 Å². The van der Waals surface area contributed by atoms with Gasteiger partial charge in [0.25, 0.3) is 0 Å². The maximum Gasteiger partial charge on any atom is 0.307 e. The fourth-order valence-electron chi connectivity index (χ4n) is 2.31. The first-order chi connectivity index (χ1) is 9.70. The average Bonchev–Trinajstić information content (AvgIpc) is 2.81. The Hall–Kier alpha value is -1.07. The van der Waals surface area contributed by atoms with Gasteiger partial charge in [0.2, 0.25) is 0 Å². The van der Waals surface area contributed by atoms with E-state index in [-0.39, 0.29) is 12.0 Å². The number of ether oxygens (including phenoxy) is 1. The third kappa shape index (κ3) is 4.21. The molecule has 0 aromatic heterocycles. The first-order valence-corrected chi connectivity index (χ1v) is 8.14. The quantitative estimate of drug-likeness (QED) is 0.595. The molecule has 0 radical (unpaired) electrons. The second-order valence-electron chi connectivity index (χ2n) is 4.79. The van der Waals surface area contributed by atoms with Crippen LogP contribution in [0, 0.1) is 0 Å². The van der Waals surface area contributed by atoms with E-state index in [1.165, 1.54) is 12.7 Å².